The average molecular weight is 174 g/mol. The van der Waals surface area contributed by atoms with Gasteiger partial charge >= 0.3 is 0 Å². The van der Waals surface area contributed by atoms with Gasteiger partial charge in [-0.1, -0.05) is 32.0 Å². The largest absolute Gasteiger partial charge is 0.492 e. The zero-order chi connectivity index (χ0) is 9.05. The van der Waals surface area contributed by atoms with Gasteiger partial charge in [0, 0.05) is 11.0 Å². The molecule has 0 bridgehead atoms. The second kappa shape index (κ2) is 2.09. The van der Waals surface area contributed by atoms with Gasteiger partial charge in [0.25, 0.3) is 0 Å². The molecule has 1 heterocycles. The van der Waals surface area contributed by atoms with E-state index in [4.69, 9.17) is 4.74 Å². The number of hydrogen-bond donors (Lipinski definition) is 0. The Kier molecular flexibility index (Phi) is 1.19. The zero-order valence-electron chi connectivity index (χ0n) is 8.08. The molecule has 1 heteroatoms. The first-order valence-corrected chi connectivity index (χ1v) is 4.99. The van der Waals surface area contributed by atoms with Gasteiger partial charge in [0.1, 0.15) is 5.75 Å². The van der Waals surface area contributed by atoms with Crippen molar-refractivity contribution in [1.82, 2.24) is 0 Å². The second-order valence-electron chi connectivity index (χ2n) is 4.40. The van der Waals surface area contributed by atoms with Crippen molar-refractivity contribution in [3.8, 4) is 5.75 Å². The molecule has 1 spiro atoms. The number of hydrogen-bond acceptors (Lipinski definition) is 1. The van der Waals surface area contributed by atoms with Crippen molar-refractivity contribution in [2.45, 2.75) is 19.3 Å². The van der Waals surface area contributed by atoms with Crippen LogP contribution >= 0.6 is 0 Å². The molecule has 1 nitrogen and oxygen atoms in total. The van der Waals surface area contributed by atoms with Crippen LogP contribution in [0.25, 0.3) is 0 Å². The first-order valence-electron chi connectivity index (χ1n) is 4.99. The summed E-state index contributed by atoms with van der Waals surface area (Å²) in [5, 5.41) is 0. The van der Waals surface area contributed by atoms with E-state index in [1.165, 1.54) is 5.56 Å². The fraction of sp³-hybridized carbons (Fsp3) is 0.500. The Balaban J connectivity index is 2.14. The molecule has 0 N–H and O–H groups in total. The van der Waals surface area contributed by atoms with E-state index in [1.807, 2.05) is 0 Å². The van der Waals surface area contributed by atoms with Crippen LogP contribution in [0.4, 0.5) is 0 Å². The topological polar surface area (TPSA) is 9.23 Å². The van der Waals surface area contributed by atoms with E-state index in [0.717, 1.165) is 24.2 Å². The lowest BCUT2D eigenvalue weighted by Gasteiger charge is -2.05. The van der Waals surface area contributed by atoms with Gasteiger partial charge in [-0.2, -0.15) is 0 Å². The molecule has 13 heavy (non-hydrogen) atoms. The summed E-state index contributed by atoms with van der Waals surface area (Å²) in [5.74, 6) is 2.69. The summed E-state index contributed by atoms with van der Waals surface area (Å²) in [6.07, 6.45) is 0. The minimum Gasteiger partial charge on any atom is -0.492 e. The van der Waals surface area contributed by atoms with Gasteiger partial charge in [-0.3, -0.25) is 0 Å². The van der Waals surface area contributed by atoms with Crippen LogP contribution in [0.15, 0.2) is 24.3 Å². The summed E-state index contributed by atoms with van der Waals surface area (Å²) in [5.41, 5.74) is 1.81. The summed E-state index contributed by atoms with van der Waals surface area (Å²) < 4.78 is 5.72. The molecule has 1 aromatic carbocycles. The maximum atomic E-state index is 5.72. The summed E-state index contributed by atoms with van der Waals surface area (Å²) >= 11 is 0. The molecule has 0 aromatic heterocycles. The number of fused-ring (bicyclic) bond motifs is 2. The zero-order valence-corrected chi connectivity index (χ0v) is 8.08. The van der Waals surface area contributed by atoms with Gasteiger partial charge in [-0.05, 0) is 17.9 Å². The SMILES string of the molecule is CC1C(C)C12COc1ccccc12. The van der Waals surface area contributed by atoms with Crippen LogP contribution < -0.4 is 4.74 Å². The van der Waals surface area contributed by atoms with Gasteiger partial charge in [0.15, 0.2) is 0 Å². The maximum Gasteiger partial charge on any atom is 0.123 e. The van der Waals surface area contributed by atoms with Crippen molar-refractivity contribution in [2.24, 2.45) is 11.8 Å². The van der Waals surface area contributed by atoms with E-state index in [0.29, 0.717) is 5.41 Å². The second-order valence-corrected chi connectivity index (χ2v) is 4.40. The van der Waals surface area contributed by atoms with E-state index in [-0.39, 0.29) is 0 Å². The predicted molar refractivity (Wildman–Crippen MR) is 51.9 cm³/mol. The van der Waals surface area contributed by atoms with Crippen molar-refractivity contribution in [3.63, 3.8) is 0 Å². The number of benzene rings is 1. The number of para-hydroxylation sites is 1. The van der Waals surface area contributed by atoms with Crippen LogP contribution in [-0.4, -0.2) is 6.61 Å². The lowest BCUT2D eigenvalue weighted by atomic mass is 9.94. The Morgan fingerprint density at radius 1 is 1.23 bits per heavy atom. The van der Waals surface area contributed by atoms with Crippen LogP contribution in [0.2, 0.25) is 0 Å². The van der Waals surface area contributed by atoms with Crippen molar-refractivity contribution < 1.29 is 4.74 Å². The highest BCUT2D eigenvalue weighted by Crippen LogP contribution is 2.64. The standard InChI is InChI=1S/C12H14O/c1-8-9(2)12(8)7-13-11-6-4-3-5-10(11)12/h3-6,8-9H,7H2,1-2H3. The van der Waals surface area contributed by atoms with Gasteiger partial charge in [-0.25, -0.2) is 0 Å². The normalized spacial score (nSPS) is 40.2. The quantitative estimate of drug-likeness (QED) is 0.587. The van der Waals surface area contributed by atoms with Crippen LogP contribution in [0.5, 0.6) is 5.75 Å². The smallest absolute Gasteiger partial charge is 0.123 e. The van der Waals surface area contributed by atoms with Crippen molar-refractivity contribution in [3.05, 3.63) is 29.8 Å². The van der Waals surface area contributed by atoms with E-state index in [9.17, 15) is 0 Å². The molecule has 1 fully saturated rings. The fourth-order valence-electron chi connectivity index (χ4n) is 2.87. The van der Waals surface area contributed by atoms with Gasteiger partial charge < -0.3 is 4.74 Å². The van der Waals surface area contributed by atoms with Crippen LogP contribution in [0, 0.1) is 11.8 Å². The monoisotopic (exact) mass is 174 g/mol. The van der Waals surface area contributed by atoms with Crippen LogP contribution in [0.1, 0.15) is 19.4 Å². The molecule has 3 rings (SSSR count). The fourth-order valence-corrected chi connectivity index (χ4v) is 2.87. The van der Waals surface area contributed by atoms with E-state index >= 15 is 0 Å². The third-order valence-corrected chi connectivity index (χ3v) is 4.12. The molecule has 68 valence electrons. The Morgan fingerprint density at radius 3 is 2.62 bits per heavy atom. The van der Waals surface area contributed by atoms with Crippen molar-refractivity contribution in [2.75, 3.05) is 6.61 Å². The number of rotatable bonds is 0. The summed E-state index contributed by atoms with van der Waals surface area (Å²) in [7, 11) is 0. The van der Waals surface area contributed by atoms with Crippen molar-refractivity contribution in [1.29, 1.82) is 0 Å². The molecular weight excluding hydrogens is 160 g/mol. The summed E-state index contributed by atoms with van der Waals surface area (Å²) in [4.78, 5) is 0. The van der Waals surface area contributed by atoms with E-state index in [2.05, 4.69) is 38.1 Å². The molecule has 2 atom stereocenters. The lowest BCUT2D eigenvalue weighted by molar-refractivity contribution is 0.311. The van der Waals surface area contributed by atoms with Gasteiger partial charge in [0.2, 0.25) is 0 Å². The average Bonchev–Trinajstić information content (AvgIpc) is 2.59. The van der Waals surface area contributed by atoms with Crippen LogP contribution in [0.3, 0.4) is 0 Å². The highest BCUT2D eigenvalue weighted by Gasteiger charge is 2.63. The van der Waals surface area contributed by atoms with Gasteiger partial charge in [0.05, 0.1) is 6.61 Å². The lowest BCUT2D eigenvalue weighted by Crippen LogP contribution is -2.12. The molecule has 2 unspecified atom stereocenters. The first-order chi connectivity index (χ1) is 6.27. The molecule has 2 aliphatic rings. The molecule has 0 radical (unpaired) electrons. The van der Waals surface area contributed by atoms with Gasteiger partial charge in [-0.15, -0.1) is 0 Å². The molecule has 1 saturated carbocycles. The highest BCUT2D eigenvalue weighted by molar-refractivity contribution is 5.49. The first kappa shape index (κ1) is 7.43. The molecule has 0 amide bonds. The number of ether oxygens (including phenoxy) is 1. The summed E-state index contributed by atoms with van der Waals surface area (Å²) in [6, 6.07) is 8.48. The maximum absolute atomic E-state index is 5.72. The minimum atomic E-state index is 0.372. The molecule has 1 aliphatic carbocycles. The predicted octanol–water partition coefficient (Wildman–Crippen LogP) is 2.60. The Bertz CT molecular complexity index is 348. The molecule has 0 saturated heterocycles. The minimum absolute atomic E-state index is 0.372. The molecular formula is C12H14O. The third-order valence-electron chi connectivity index (χ3n) is 4.12. The summed E-state index contributed by atoms with van der Waals surface area (Å²) in [6.45, 7) is 5.56. The highest BCUT2D eigenvalue weighted by atomic mass is 16.5. The van der Waals surface area contributed by atoms with Crippen LogP contribution in [-0.2, 0) is 5.41 Å². The Hall–Kier alpha value is -0.980. The van der Waals surface area contributed by atoms with E-state index < -0.39 is 0 Å². The Labute approximate surface area is 78.7 Å². The molecule has 1 aliphatic heterocycles. The Morgan fingerprint density at radius 2 is 1.92 bits per heavy atom. The van der Waals surface area contributed by atoms with Crippen molar-refractivity contribution >= 4 is 0 Å². The molecule has 1 aromatic rings. The third kappa shape index (κ3) is 0.691. The van der Waals surface area contributed by atoms with E-state index in [1.54, 1.807) is 0 Å².